The van der Waals surface area contributed by atoms with Gasteiger partial charge in [-0.1, -0.05) is 0 Å². The van der Waals surface area contributed by atoms with Gasteiger partial charge in [0.1, 0.15) is 10.6 Å². The maximum Gasteiger partial charge on any atom is 0.348 e. The summed E-state index contributed by atoms with van der Waals surface area (Å²) in [7, 11) is 0. The second-order valence-corrected chi connectivity index (χ2v) is 4.88. The zero-order valence-electron chi connectivity index (χ0n) is 10.1. The van der Waals surface area contributed by atoms with E-state index in [1.165, 1.54) is 5.51 Å². The van der Waals surface area contributed by atoms with Crippen LogP contribution in [0, 0.1) is 0 Å². The zero-order valence-corrected chi connectivity index (χ0v) is 10.9. The van der Waals surface area contributed by atoms with E-state index in [2.05, 4.69) is 4.98 Å². The van der Waals surface area contributed by atoms with Crippen molar-refractivity contribution in [2.75, 3.05) is 0 Å². The van der Waals surface area contributed by atoms with Gasteiger partial charge in [-0.15, -0.1) is 11.3 Å². The van der Waals surface area contributed by atoms with Gasteiger partial charge < -0.3 is 9.84 Å². The van der Waals surface area contributed by atoms with Gasteiger partial charge in [0.15, 0.2) is 0 Å². The molecule has 0 aliphatic carbocycles. The molecule has 0 fully saturated rings. The van der Waals surface area contributed by atoms with E-state index >= 15 is 0 Å². The van der Waals surface area contributed by atoms with Gasteiger partial charge in [-0.2, -0.15) is 0 Å². The Morgan fingerprint density at radius 3 is 2.56 bits per heavy atom. The Kier molecular flexibility index (Phi) is 3.62. The predicted octanol–water partition coefficient (Wildman–Crippen LogP) is 3.30. The summed E-state index contributed by atoms with van der Waals surface area (Å²) >= 11 is 1.13. The molecule has 1 heterocycles. The highest BCUT2D eigenvalue weighted by molar-refractivity contribution is 7.12. The maximum absolute atomic E-state index is 11.0. The molecule has 18 heavy (non-hydrogen) atoms. The molecule has 0 aliphatic rings. The van der Waals surface area contributed by atoms with Crippen molar-refractivity contribution in [3.05, 3.63) is 34.7 Å². The van der Waals surface area contributed by atoms with Gasteiger partial charge in [0.2, 0.25) is 0 Å². The summed E-state index contributed by atoms with van der Waals surface area (Å²) < 4.78 is 5.53. The highest BCUT2D eigenvalue weighted by Gasteiger charge is 2.14. The minimum Gasteiger partial charge on any atom is -0.491 e. The van der Waals surface area contributed by atoms with Crippen LogP contribution in [0.1, 0.15) is 23.5 Å². The first kappa shape index (κ1) is 12.6. The Morgan fingerprint density at radius 1 is 1.33 bits per heavy atom. The lowest BCUT2D eigenvalue weighted by Gasteiger charge is -2.09. The Balaban J connectivity index is 2.29. The SMILES string of the molecule is CC(C)Oc1ccc(-c2ncsc2C(=O)O)cc1. The van der Waals surface area contributed by atoms with Crippen molar-refractivity contribution in [1.29, 1.82) is 0 Å². The number of thiazole rings is 1. The average molecular weight is 263 g/mol. The van der Waals surface area contributed by atoms with Crippen molar-refractivity contribution in [1.82, 2.24) is 4.98 Å². The second kappa shape index (κ2) is 5.18. The van der Waals surface area contributed by atoms with E-state index in [0.29, 0.717) is 5.69 Å². The molecule has 0 saturated carbocycles. The first-order valence-corrected chi connectivity index (χ1v) is 6.39. The summed E-state index contributed by atoms with van der Waals surface area (Å²) in [4.78, 5) is 15.4. The fraction of sp³-hybridized carbons (Fsp3) is 0.231. The number of carboxylic acid groups (broad SMARTS) is 1. The monoisotopic (exact) mass is 263 g/mol. The van der Waals surface area contributed by atoms with Crippen molar-refractivity contribution < 1.29 is 14.6 Å². The molecule has 0 unspecified atom stereocenters. The van der Waals surface area contributed by atoms with Crippen LogP contribution in [-0.2, 0) is 0 Å². The van der Waals surface area contributed by atoms with Gasteiger partial charge in [0.05, 0.1) is 17.3 Å². The van der Waals surface area contributed by atoms with E-state index in [1.54, 1.807) is 0 Å². The molecule has 5 heteroatoms. The number of aromatic nitrogens is 1. The fourth-order valence-corrected chi connectivity index (χ4v) is 2.21. The Labute approximate surface area is 109 Å². The molecule has 0 amide bonds. The third kappa shape index (κ3) is 2.68. The van der Waals surface area contributed by atoms with E-state index in [4.69, 9.17) is 9.84 Å². The van der Waals surface area contributed by atoms with Crippen LogP contribution in [0.4, 0.5) is 0 Å². The normalized spacial score (nSPS) is 10.6. The number of hydrogen-bond donors (Lipinski definition) is 1. The molecule has 0 atom stereocenters. The number of nitrogens with zero attached hydrogens (tertiary/aromatic N) is 1. The third-order valence-electron chi connectivity index (χ3n) is 2.26. The van der Waals surface area contributed by atoms with Crippen molar-refractivity contribution >= 4 is 17.3 Å². The number of carbonyl (C=O) groups is 1. The van der Waals surface area contributed by atoms with Crippen molar-refractivity contribution in [3.63, 3.8) is 0 Å². The lowest BCUT2D eigenvalue weighted by atomic mass is 10.1. The molecular weight excluding hydrogens is 250 g/mol. The van der Waals surface area contributed by atoms with E-state index < -0.39 is 5.97 Å². The number of aromatic carboxylic acids is 1. The molecule has 0 radical (unpaired) electrons. The molecule has 0 bridgehead atoms. The first-order valence-electron chi connectivity index (χ1n) is 5.52. The quantitative estimate of drug-likeness (QED) is 0.919. The standard InChI is InChI=1S/C13H13NO3S/c1-8(2)17-10-5-3-9(4-6-10)11-12(13(15)16)18-7-14-11/h3-8H,1-2H3,(H,15,16). The van der Waals surface area contributed by atoms with Gasteiger partial charge in [-0.3, -0.25) is 0 Å². The number of benzene rings is 1. The molecule has 2 aromatic rings. The molecule has 0 aliphatic heterocycles. The Bertz CT molecular complexity index is 546. The van der Waals surface area contributed by atoms with Crippen LogP contribution in [-0.4, -0.2) is 22.2 Å². The third-order valence-corrected chi connectivity index (χ3v) is 3.08. The lowest BCUT2D eigenvalue weighted by Crippen LogP contribution is -2.05. The minimum atomic E-state index is -0.949. The molecule has 2 rings (SSSR count). The Morgan fingerprint density at radius 2 is 2.00 bits per heavy atom. The summed E-state index contributed by atoms with van der Waals surface area (Å²) in [5.74, 6) is -0.184. The van der Waals surface area contributed by atoms with Crippen molar-refractivity contribution in [3.8, 4) is 17.0 Å². The minimum absolute atomic E-state index is 0.115. The zero-order chi connectivity index (χ0) is 13.1. The van der Waals surface area contributed by atoms with E-state index in [-0.39, 0.29) is 11.0 Å². The topological polar surface area (TPSA) is 59.4 Å². The van der Waals surface area contributed by atoms with Crippen LogP contribution in [0.25, 0.3) is 11.3 Å². The highest BCUT2D eigenvalue weighted by Crippen LogP contribution is 2.27. The lowest BCUT2D eigenvalue weighted by molar-refractivity contribution is 0.0702. The number of rotatable bonds is 4. The molecular formula is C13H13NO3S. The van der Waals surface area contributed by atoms with Crippen LogP contribution in [0.3, 0.4) is 0 Å². The second-order valence-electron chi connectivity index (χ2n) is 4.03. The average Bonchev–Trinajstić information content (AvgIpc) is 2.78. The summed E-state index contributed by atoms with van der Waals surface area (Å²) in [5, 5.41) is 9.04. The molecule has 4 nitrogen and oxygen atoms in total. The van der Waals surface area contributed by atoms with Crippen LogP contribution in [0.15, 0.2) is 29.8 Å². The van der Waals surface area contributed by atoms with Gasteiger partial charge in [-0.25, -0.2) is 9.78 Å². The van der Waals surface area contributed by atoms with Crippen LogP contribution >= 0.6 is 11.3 Å². The van der Waals surface area contributed by atoms with Crippen molar-refractivity contribution in [2.45, 2.75) is 20.0 Å². The summed E-state index contributed by atoms with van der Waals surface area (Å²) in [6, 6.07) is 7.28. The Hall–Kier alpha value is -1.88. The van der Waals surface area contributed by atoms with Gasteiger partial charge in [0, 0.05) is 5.56 Å². The van der Waals surface area contributed by atoms with E-state index in [0.717, 1.165) is 22.6 Å². The molecule has 94 valence electrons. The maximum atomic E-state index is 11.0. The van der Waals surface area contributed by atoms with Crippen LogP contribution in [0.5, 0.6) is 5.75 Å². The van der Waals surface area contributed by atoms with Gasteiger partial charge in [0.25, 0.3) is 0 Å². The van der Waals surface area contributed by atoms with E-state index in [1.807, 2.05) is 38.1 Å². The number of ether oxygens (including phenoxy) is 1. The molecule has 1 N–H and O–H groups in total. The molecule has 0 spiro atoms. The highest BCUT2D eigenvalue weighted by atomic mass is 32.1. The smallest absolute Gasteiger partial charge is 0.348 e. The first-order chi connectivity index (χ1) is 8.58. The molecule has 1 aromatic carbocycles. The van der Waals surface area contributed by atoms with Crippen LogP contribution in [0.2, 0.25) is 0 Å². The van der Waals surface area contributed by atoms with Crippen molar-refractivity contribution in [2.24, 2.45) is 0 Å². The predicted molar refractivity (Wildman–Crippen MR) is 70.3 cm³/mol. The van der Waals surface area contributed by atoms with Gasteiger partial charge >= 0.3 is 5.97 Å². The number of hydrogen-bond acceptors (Lipinski definition) is 4. The molecule has 1 aromatic heterocycles. The summed E-state index contributed by atoms with van der Waals surface area (Å²) in [5.41, 5.74) is 2.82. The molecule has 0 saturated heterocycles. The fourth-order valence-electron chi connectivity index (χ4n) is 1.57. The largest absolute Gasteiger partial charge is 0.491 e. The summed E-state index contributed by atoms with van der Waals surface area (Å²) in [6.07, 6.45) is 0.115. The van der Waals surface area contributed by atoms with E-state index in [9.17, 15) is 4.79 Å². The van der Waals surface area contributed by atoms with Gasteiger partial charge in [-0.05, 0) is 38.1 Å². The summed E-state index contributed by atoms with van der Waals surface area (Å²) in [6.45, 7) is 3.91. The number of carboxylic acids is 1. The van der Waals surface area contributed by atoms with Crippen LogP contribution < -0.4 is 4.74 Å².